The molecule has 1 unspecified atom stereocenters. The van der Waals surface area contributed by atoms with Crippen molar-refractivity contribution in [2.45, 2.75) is 25.3 Å². The van der Waals surface area contributed by atoms with Gasteiger partial charge >= 0.3 is 0 Å². The first-order valence-corrected chi connectivity index (χ1v) is 5.17. The molecule has 0 saturated heterocycles. The van der Waals surface area contributed by atoms with Gasteiger partial charge in [0.25, 0.3) is 0 Å². The normalized spacial score (nSPS) is 18.9. The van der Waals surface area contributed by atoms with Gasteiger partial charge in [-0.3, -0.25) is 0 Å². The summed E-state index contributed by atoms with van der Waals surface area (Å²) in [7, 11) is 3.78. The first-order chi connectivity index (χ1) is 6.85. The lowest BCUT2D eigenvalue weighted by atomic mass is 9.88. The molecule has 0 fully saturated rings. The molecule has 2 nitrogen and oxygen atoms in total. The van der Waals surface area contributed by atoms with Crippen LogP contribution in [0.1, 0.15) is 17.5 Å². The maximum atomic E-state index is 5.38. The van der Waals surface area contributed by atoms with Crippen molar-refractivity contribution >= 4 is 12.4 Å². The lowest BCUT2D eigenvalue weighted by Crippen LogP contribution is -2.31. The van der Waals surface area contributed by atoms with E-state index < -0.39 is 0 Å². The van der Waals surface area contributed by atoms with Crippen molar-refractivity contribution in [3.63, 3.8) is 0 Å². The standard InChI is InChI=1S/C12H17NO.ClH/c1-13-10-7-6-9-4-3-5-12(14-2)11(9)8-10;/h3-5,10,13H,6-8H2,1-2H3;1H. The monoisotopic (exact) mass is 227 g/mol. The van der Waals surface area contributed by atoms with Crippen molar-refractivity contribution in [2.24, 2.45) is 0 Å². The number of benzene rings is 1. The van der Waals surface area contributed by atoms with Crippen LogP contribution in [-0.4, -0.2) is 20.2 Å². The molecule has 1 aliphatic carbocycles. The van der Waals surface area contributed by atoms with Gasteiger partial charge in [0.1, 0.15) is 5.75 Å². The molecule has 0 aromatic heterocycles. The first kappa shape index (κ1) is 12.3. The molecule has 15 heavy (non-hydrogen) atoms. The van der Waals surface area contributed by atoms with Crippen molar-refractivity contribution in [1.82, 2.24) is 5.32 Å². The van der Waals surface area contributed by atoms with Crippen LogP contribution in [0.4, 0.5) is 0 Å². The largest absolute Gasteiger partial charge is 0.496 e. The third-order valence-electron chi connectivity index (χ3n) is 3.07. The zero-order valence-electron chi connectivity index (χ0n) is 9.25. The van der Waals surface area contributed by atoms with Gasteiger partial charge in [0.2, 0.25) is 0 Å². The second kappa shape index (κ2) is 5.38. The highest BCUT2D eigenvalue weighted by Crippen LogP contribution is 2.29. The molecule has 2 rings (SSSR count). The fraction of sp³-hybridized carbons (Fsp3) is 0.500. The van der Waals surface area contributed by atoms with Crippen molar-refractivity contribution in [1.29, 1.82) is 0 Å². The molecule has 1 aliphatic rings. The summed E-state index contributed by atoms with van der Waals surface area (Å²) in [6.07, 6.45) is 3.49. The molecule has 0 saturated carbocycles. The Bertz CT molecular complexity index is 313. The van der Waals surface area contributed by atoms with E-state index in [1.165, 1.54) is 17.5 Å². The average molecular weight is 228 g/mol. The van der Waals surface area contributed by atoms with Crippen LogP contribution in [-0.2, 0) is 12.8 Å². The zero-order chi connectivity index (χ0) is 9.97. The van der Waals surface area contributed by atoms with Gasteiger partial charge in [0.05, 0.1) is 7.11 Å². The van der Waals surface area contributed by atoms with E-state index >= 15 is 0 Å². The van der Waals surface area contributed by atoms with Gasteiger partial charge in [-0.15, -0.1) is 12.4 Å². The SMILES string of the molecule is CNC1CCc2cccc(OC)c2C1.Cl. The summed E-state index contributed by atoms with van der Waals surface area (Å²) in [6, 6.07) is 6.96. The second-order valence-corrected chi connectivity index (χ2v) is 3.83. The predicted molar refractivity (Wildman–Crippen MR) is 65.1 cm³/mol. The van der Waals surface area contributed by atoms with Gasteiger partial charge < -0.3 is 10.1 Å². The van der Waals surface area contributed by atoms with Gasteiger partial charge in [-0.05, 0) is 43.5 Å². The van der Waals surface area contributed by atoms with E-state index in [4.69, 9.17) is 4.74 Å². The van der Waals surface area contributed by atoms with E-state index in [1.807, 2.05) is 7.05 Å². The van der Waals surface area contributed by atoms with Gasteiger partial charge in [-0.25, -0.2) is 0 Å². The third kappa shape index (κ3) is 2.44. The summed E-state index contributed by atoms with van der Waals surface area (Å²) in [5, 5.41) is 3.34. The zero-order valence-corrected chi connectivity index (χ0v) is 10.1. The first-order valence-electron chi connectivity index (χ1n) is 5.17. The van der Waals surface area contributed by atoms with E-state index in [0.29, 0.717) is 6.04 Å². The molecule has 0 aliphatic heterocycles. The van der Waals surface area contributed by atoms with Crippen LogP contribution in [0.5, 0.6) is 5.75 Å². The minimum atomic E-state index is 0. The van der Waals surface area contributed by atoms with Crippen molar-refractivity contribution in [2.75, 3.05) is 14.2 Å². The number of halogens is 1. The summed E-state index contributed by atoms with van der Waals surface area (Å²) in [4.78, 5) is 0. The highest BCUT2D eigenvalue weighted by molar-refractivity contribution is 5.85. The minimum Gasteiger partial charge on any atom is -0.496 e. The van der Waals surface area contributed by atoms with E-state index in [-0.39, 0.29) is 12.4 Å². The molecule has 1 aromatic rings. The van der Waals surface area contributed by atoms with Crippen LogP contribution >= 0.6 is 12.4 Å². The summed E-state index contributed by atoms with van der Waals surface area (Å²) in [5.74, 6) is 1.04. The highest BCUT2D eigenvalue weighted by Gasteiger charge is 2.19. The van der Waals surface area contributed by atoms with Crippen LogP contribution in [0, 0.1) is 0 Å². The second-order valence-electron chi connectivity index (χ2n) is 3.83. The molecule has 0 amide bonds. The molecule has 3 heteroatoms. The lowest BCUT2D eigenvalue weighted by Gasteiger charge is -2.25. The van der Waals surface area contributed by atoms with E-state index in [0.717, 1.165) is 18.6 Å². The van der Waals surface area contributed by atoms with Gasteiger partial charge in [0, 0.05) is 6.04 Å². The number of likely N-dealkylation sites (N-methyl/N-ethyl adjacent to an activating group) is 1. The smallest absolute Gasteiger partial charge is 0.122 e. The number of rotatable bonds is 2. The van der Waals surface area contributed by atoms with Gasteiger partial charge in [-0.2, -0.15) is 0 Å². The van der Waals surface area contributed by atoms with Crippen LogP contribution in [0.2, 0.25) is 0 Å². The fourth-order valence-electron chi connectivity index (χ4n) is 2.19. The van der Waals surface area contributed by atoms with Crippen LogP contribution in [0.15, 0.2) is 18.2 Å². The molecule has 0 spiro atoms. The Balaban J connectivity index is 0.00000112. The number of nitrogens with one attached hydrogen (secondary N) is 1. The van der Waals surface area contributed by atoms with Crippen molar-refractivity contribution in [3.8, 4) is 5.75 Å². The summed E-state index contributed by atoms with van der Waals surface area (Å²) in [6.45, 7) is 0. The number of hydrogen-bond acceptors (Lipinski definition) is 2. The molecule has 0 bridgehead atoms. The minimum absolute atomic E-state index is 0. The Morgan fingerprint density at radius 1 is 1.40 bits per heavy atom. The van der Waals surface area contributed by atoms with Crippen LogP contribution < -0.4 is 10.1 Å². The van der Waals surface area contributed by atoms with E-state index in [1.54, 1.807) is 7.11 Å². The average Bonchev–Trinajstić information content (AvgIpc) is 2.27. The van der Waals surface area contributed by atoms with Crippen LogP contribution in [0.25, 0.3) is 0 Å². The number of hydrogen-bond donors (Lipinski definition) is 1. The Morgan fingerprint density at radius 3 is 2.87 bits per heavy atom. The topological polar surface area (TPSA) is 21.3 Å². The quantitative estimate of drug-likeness (QED) is 0.837. The summed E-state index contributed by atoms with van der Waals surface area (Å²) < 4.78 is 5.38. The van der Waals surface area contributed by atoms with E-state index in [2.05, 4.69) is 23.5 Å². The maximum absolute atomic E-state index is 5.38. The van der Waals surface area contributed by atoms with Crippen molar-refractivity contribution in [3.05, 3.63) is 29.3 Å². The number of fused-ring (bicyclic) bond motifs is 1. The molecule has 0 radical (unpaired) electrons. The van der Waals surface area contributed by atoms with Crippen molar-refractivity contribution < 1.29 is 4.74 Å². The number of methoxy groups -OCH3 is 1. The molecule has 1 aromatic carbocycles. The third-order valence-corrected chi connectivity index (χ3v) is 3.07. The molecule has 1 atom stereocenters. The highest BCUT2D eigenvalue weighted by atomic mass is 35.5. The summed E-state index contributed by atoms with van der Waals surface area (Å²) >= 11 is 0. The predicted octanol–water partition coefficient (Wildman–Crippen LogP) is 2.19. The molecular weight excluding hydrogens is 210 g/mol. The van der Waals surface area contributed by atoms with Gasteiger partial charge in [0.15, 0.2) is 0 Å². The Labute approximate surface area is 97.4 Å². The molecule has 1 N–H and O–H groups in total. The maximum Gasteiger partial charge on any atom is 0.122 e. The molecular formula is C12H18ClNO. The Morgan fingerprint density at radius 2 is 2.20 bits per heavy atom. The Hall–Kier alpha value is -0.730. The van der Waals surface area contributed by atoms with E-state index in [9.17, 15) is 0 Å². The summed E-state index contributed by atoms with van der Waals surface area (Å²) in [5.41, 5.74) is 2.84. The fourth-order valence-corrected chi connectivity index (χ4v) is 2.19. The van der Waals surface area contributed by atoms with Gasteiger partial charge in [-0.1, -0.05) is 12.1 Å². The Kier molecular flexibility index (Phi) is 4.43. The number of aryl methyl sites for hydroxylation is 1. The molecule has 0 heterocycles. The molecule has 84 valence electrons. The lowest BCUT2D eigenvalue weighted by molar-refractivity contribution is 0.398. The van der Waals surface area contributed by atoms with Crippen LogP contribution in [0.3, 0.4) is 0 Å². The number of ether oxygens (including phenoxy) is 1.